The predicted octanol–water partition coefficient (Wildman–Crippen LogP) is 4.18. The maximum atomic E-state index is 12.5. The van der Waals surface area contributed by atoms with Crippen LogP contribution >= 0.6 is 0 Å². The number of nitrogens with one attached hydrogen (secondary N) is 1. The Morgan fingerprint density at radius 3 is 2.28 bits per heavy atom. The van der Waals surface area contributed by atoms with Crippen LogP contribution < -0.4 is 10.1 Å². The molecule has 6 nitrogen and oxygen atoms in total. The Balaban J connectivity index is 1.56. The third-order valence-corrected chi connectivity index (χ3v) is 5.79. The number of hydrogen-bond acceptors (Lipinski definition) is 3. The van der Waals surface area contributed by atoms with E-state index in [0.29, 0.717) is 6.54 Å². The van der Waals surface area contributed by atoms with Gasteiger partial charge in [0.1, 0.15) is 11.9 Å². The van der Waals surface area contributed by atoms with Gasteiger partial charge in [-0.05, 0) is 50.6 Å². The summed E-state index contributed by atoms with van der Waals surface area (Å²) in [5.74, 6) is 1.96. The molecule has 0 spiro atoms. The number of aliphatic imine (C=N–C) groups is 1. The quantitative estimate of drug-likeness (QED) is 0.498. The molecule has 0 bridgehead atoms. The maximum absolute atomic E-state index is 12.5. The number of para-hydroxylation sites is 1. The van der Waals surface area contributed by atoms with E-state index in [1.54, 1.807) is 0 Å². The lowest BCUT2D eigenvalue weighted by atomic mass is 10.1. The zero-order valence-corrected chi connectivity index (χ0v) is 19.6. The van der Waals surface area contributed by atoms with E-state index in [0.717, 1.165) is 68.4 Å². The van der Waals surface area contributed by atoms with Gasteiger partial charge in [0, 0.05) is 51.1 Å². The molecule has 0 atom stereocenters. The van der Waals surface area contributed by atoms with Crippen molar-refractivity contribution in [1.82, 2.24) is 15.1 Å². The number of amides is 1. The van der Waals surface area contributed by atoms with Crippen molar-refractivity contribution in [3.8, 4) is 5.75 Å². The molecular weight excluding hydrogens is 400 g/mol. The fourth-order valence-corrected chi connectivity index (χ4v) is 3.92. The van der Waals surface area contributed by atoms with Gasteiger partial charge in [-0.1, -0.05) is 30.3 Å². The zero-order valence-electron chi connectivity index (χ0n) is 19.6. The predicted molar refractivity (Wildman–Crippen MR) is 130 cm³/mol. The molecule has 2 aromatic rings. The molecule has 1 fully saturated rings. The molecule has 1 amide bonds. The lowest BCUT2D eigenvalue weighted by Gasteiger charge is -2.34. The number of likely N-dealkylation sites (tertiary alicyclic amines) is 1. The van der Waals surface area contributed by atoms with E-state index in [2.05, 4.69) is 17.1 Å². The summed E-state index contributed by atoms with van der Waals surface area (Å²) in [7, 11) is 0. The summed E-state index contributed by atoms with van der Waals surface area (Å²) in [4.78, 5) is 21.5. The molecule has 1 aliphatic rings. The number of guanidine groups is 1. The first-order valence-corrected chi connectivity index (χ1v) is 11.8. The van der Waals surface area contributed by atoms with Gasteiger partial charge >= 0.3 is 0 Å². The molecule has 0 saturated carbocycles. The molecule has 1 N–H and O–H groups in total. The number of hydrogen-bond donors (Lipinski definition) is 1. The Morgan fingerprint density at radius 1 is 1.03 bits per heavy atom. The Bertz CT molecular complexity index is 855. The molecule has 32 heavy (non-hydrogen) atoms. The lowest BCUT2D eigenvalue weighted by Crippen LogP contribution is -2.47. The van der Waals surface area contributed by atoms with Gasteiger partial charge in [0.2, 0.25) is 0 Å². The number of rotatable bonds is 8. The minimum atomic E-state index is 0.0824. The Hall–Kier alpha value is -3.02. The maximum Gasteiger partial charge on any atom is 0.253 e. The highest BCUT2D eigenvalue weighted by atomic mass is 16.5. The number of nitrogens with zero attached hydrogens (tertiary/aromatic N) is 3. The molecular formula is C26H36N4O2. The second-order valence-electron chi connectivity index (χ2n) is 7.96. The number of ether oxygens (including phenoxy) is 1. The SMILES string of the molecule is CCNC(=NCc1ccc(C(=O)N(CC)CC)cc1)N1CCC(Oc2ccccc2)CC1. The summed E-state index contributed by atoms with van der Waals surface area (Å²) in [5, 5.41) is 3.42. The molecule has 1 aliphatic heterocycles. The third-order valence-electron chi connectivity index (χ3n) is 5.79. The number of piperidine rings is 1. The van der Waals surface area contributed by atoms with Gasteiger partial charge in [-0.3, -0.25) is 4.79 Å². The van der Waals surface area contributed by atoms with Gasteiger partial charge in [-0.15, -0.1) is 0 Å². The van der Waals surface area contributed by atoms with Gasteiger partial charge in [0.15, 0.2) is 5.96 Å². The average Bonchev–Trinajstić information content (AvgIpc) is 2.84. The van der Waals surface area contributed by atoms with E-state index in [9.17, 15) is 4.79 Å². The van der Waals surface area contributed by atoms with Crippen molar-refractivity contribution in [2.75, 3.05) is 32.7 Å². The van der Waals surface area contributed by atoms with Crippen LogP contribution in [0.3, 0.4) is 0 Å². The fraction of sp³-hybridized carbons (Fsp3) is 0.462. The van der Waals surface area contributed by atoms with Gasteiger partial charge in [-0.2, -0.15) is 0 Å². The van der Waals surface area contributed by atoms with E-state index < -0.39 is 0 Å². The Morgan fingerprint density at radius 2 is 1.69 bits per heavy atom. The first-order chi connectivity index (χ1) is 15.6. The van der Waals surface area contributed by atoms with Crippen LogP contribution in [0.5, 0.6) is 5.75 Å². The molecule has 0 unspecified atom stereocenters. The van der Waals surface area contributed by atoms with Gasteiger partial charge in [0.25, 0.3) is 5.91 Å². The molecule has 2 aromatic carbocycles. The second kappa shape index (κ2) is 12.1. The number of benzene rings is 2. The molecule has 0 aliphatic carbocycles. The normalized spacial score (nSPS) is 14.8. The highest BCUT2D eigenvalue weighted by Gasteiger charge is 2.22. The summed E-state index contributed by atoms with van der Waals surface area (Å²) in [5.41, 5.74) is 1.83. The van der Waals surface area contributed by atoms with Crippen LogP contribution in [0.25, 0.3) is 0 Å². The molecule has 172 valence electrons. The van der Waals surface area contributed by atoms with Crippen LogP contribution in [0.1, 0.15) is 49.5 Å². The van der Waals surface area contributed by atoms with E-state index >= 15 is 0 Å². The molecule has 1 heterocycles. The Labute approximate surface area is 192 Å². The highest BCUT2D eigenvalue weighted by Crippen LogP contribution is 2.19. The van der Waals surface area contributed by atoms with Crippen molar-refractivity contribution >= 4 is 11.9 Å². The lowest BCUT2D eigenvalue weighted by molar-refractivity contribution is 0.0773. The van der Waals surface area contributed by atoms with Crippen LogP contribution in [0, 0.1) is 0 Å². The van der Waals surface area contributed by atoms with Crippen LogP contribution in [0.15, 0.2) is 59.6 Å². The first kappa shape index (κ1) is 23.6. The summed E-state index contributed by atoms with van der Waals surface area (Å²) in [6, 6.07) is 17.9. The van der Waals surface area contributed by atoms with Gasteiger partial charge in [-0.25, -0.2) is 4.99 Å². The second-order valence-corrected chi connectivity index (χ2v) is 7.96. The summed E-state index contributed by atoms with van der Waals surface area (Å²) >= 11 is 0. The molecule has 0 radical (unpaired) electrons. The van der Waals surface area contributed by atoms with E-state index in [-0.39, 0.29) is 12.0 Å². The van der Waals surface area contributed by atoms with Crippen molar-refractivity contribution in [1.29, 1.82) is 0 Å². The number of carbonyl (C=O) groups excluding carboxylic acids is 1. The van der Waals surface area contributed by atoms with Crippen molar-refractivity contribution < 1.29 is 9.53 Å². The topological polar surface area (TPSA) is 57.2 Å². The summed E-state index contributed by atoms with van der Waals surface area (Å²) < 4.78 is 6.12. The molecule has 0 aromatic heterocycles. The minimum absolute atomic E-state index is 0.0824. The largest absolute Gasteiger partial charge is 0.490 e. The molecule has 3 rings (SSSR count). The summed E-state index contributed by atoms with van der Waals surface area (Å²) in [6.07, 6.45) is 2.19. The zero-order chi connectivity index (χ0) is 22.8. The van der Waals surface area contributed by atoms with Crippen LogP contribution in [0.4, 0.5) is 0 Å². The van der Waals surface area contributed by atoms with Crippen LogP contribution in [-0.4, -0.2) is 60.5 Å². The molecule has 6 heteroatoms. The third kappa shape index (κ3) is 6.49. The van der Waals surface area contributed by atoms with Crippen molar-refractivity contribution in [3.63, 3.8) is 0 Å². The van der Waals surface area contributed by atoms with Crippen molar-refractivity contribution in [2.24, 2.45) is 4.99 Å². The smallest absolute Gasteiger partial charge is 0.253 e. The van der Waals surface area contributed by atoms with Gasteiger partial charge in [0.05, 0.1) is 6.54 Å². The summed E-state index contributed by atoms with van der Waals surface area (Å²) in [6.45, 7) is 10.8. The van der Waals surface area contributed by atoms with Crippen molar-refractivity contribution in [3.05, 3.63) is 65.7 Å². The van der Waals surface area contributed by atoms with Crippen LogP contribution in [-0.2, 0) is 6.54 Å². The fourth-order valence-electron chi connectivity index (χ4n) is 3.92. The van der Waals surface area contributed by atoms with E-state index in [4.69, 9.17) is 9.73 Å². The van der Waals surface area contributed by atoms with E-state index in [1.807, 2.05) is 73.3 Å². The first-order valence-electron chi connectivity index (χ1n) is 11.8. The van der Waals surface area contributed by atoms with Gasteiger partial charge < -0.3 is 19.9 Å². The average molecular weight is 437 g/mol. The standard InChI is InChI=1S/C26H36N4O2/c1-4-27-26(30-18-16-24(17-19-30)32-23-10-8-7-9-11-23)28-20-21-12-14-22(15-13-21)25(31)29(5-2)6-3/h7-15,24H,4-6,16-20H2,1-3H3,(H,27,28). The monoisotopic (exact) mass is 436 g/mol. The van der Waals surface area contributed by atoms with Crippen molar-refractivity contribution in [2.45, 2.75) is 46.3 Å². The number of carbonyl (C=O) groups is 1. The van der Waals surface area contributed by atoms with Crippen LogP contribution in [0.2, 0.25) is 0 Å². The minimum Gasteiger partial charge on any atom is -0.490 e. The Kier molecular flexibility index (Phi) is 8.96. The highest BCUT2D eigenvalue weighted by molar-refractivity contribution is 5.94. The molecule has 1 saturated heterocycles. The van der Waals surface area contributed by atoms with E-state index in [1.165, 1.54) is 0 Å².